The van der Waals surface area contributed by atoms with E-state index in [-0.39, 0.29) is 18.4 Å². The molecule has 7 heteroatoms. The van der Waals surface area contributed by atoms with E-state index in [4.69, 9.17) is 11.6 Å². The SMILES string of the molecule is O=C1NC(=O)[C@H](CC(=O)N(Cc2ccccc2Cl)C2CCCC2)N1. The van der Waals surface area contributed by atoms with Crippen molar-refractivity contribution in [2.24, 2.45) is 0 Å². The van der Waals surface area contributed by atoms with Crippen LogP contribution < -0.4 is 10.6 Å². The average molecular weight is 350 g/mol. The fraction of sp³-hybridized carbons (Fsp3) is 0.471. The third kappa shape index (κ3) is 3.70. The van der Waals surface area contributed by atoms with Gasteiger partial charge in [0, 0.05) is 17.6 Å². The zero-order chi connectivity index (χ0) is 17.1. The van der Waals surface area contributed by atoms with Gasteiger partial charge in [-0.2, -0.15) is 0 Å². The first kappa shape index (κ1) is 16.8. The lowest BCUT2D eigenvalue weighted by atomic mass is 10.1. The molecule has 0 bridgehead atoms. The van der Waals surface area contributed by atoms with Crippen LogP contribution in [0, 0.1) is 0 Å². The number of amides is 4. The molecule has 4 amide bonds. The number of hydrogen-bond donors (Lipinski definition) is 2. The number of carbonyl (C=O) groups is 3. The number of imide groups is 1. The molecule has 0 spiro atoms. The van der Waals surface area contributed by atoms with Crippen molar-refractivity contribution < 1.29 is 14.4 Å². The van der Waals surface area contributed by atoms with E-state index in [0.717, 1.165) is 31.2 Å². The number of urea groups is 1. The van der Waals surface area contributed by atoms with Crippen molar-refractivity contribution >= 4 is 29.4 Å². The molecule has 1 aliphatic carbocycles. The van der Waals surface area contributed by atoms with Crippen molar-refractivity contribution in [3.8, 4) is 0 Å². The van der Waals surface area contributed by atoms with Gasteiger partial charge >= 0.3 is 6.03 Å². The highest BCUT2D eigenvalue weighted by atomic mass is 35.5. The second-order valence-corrected chi connectivity index (χ2v) is 6.68. The molecule has 0 unspecified atom stereocenters. The summed E-state index contributed by atoms with van der Waals surface area (Å²) in [6.07, 6.45) is 4.08. The third-order valence-electron chi connectivity index (χ3n) is 4.62. The first-order chi connectivity index (χ1) is 11.5. The predicted octanol–water partition coefficient (Wildman–Crippen LogP) is 2.21. The van der Waals surface area contributed by atoms with E-state index in [2.05, 4.69) is 10.6 Å². The fourth-order valence-corrected chi connectivity index (χ4v) is 3.54. The lowest BCUT2D eigenvalue weighted by molar-refractivity contribution is -0.136. The molecule has 1 saturated carbocycles. The molecule has 1 aromatic rings. The van der Waals surface area contributed by atoms with Crippen LogP contribution in [0.3, 0.4) is 0 Å². The second-order valence-electron chi connectivity index (χ2n) is 6.27. The molecule has 1 aromatic carbocycles. The number of rotatable bonds is 5. The Morgan fingerprint density at radius 1 is 1.21 bits per heavy atom. The van der Waals surface area contributed by atoms with Gasteiger partial charge in [-0.05, 0) is 24.5 Å². The lowest BCUT2D eigenvalue weighted by Crippen LogP contribution is -2.42. The molecule has 3 rings (SSSR count). The van der Waals surface area contributed by atoms with E-state index in [9.17, 15) is 14.4 Å². The summed E-state index contributed by atoms with van der Waals surface area (Å²) in [5.74, 6) is -0.582. The van der Waals surface area contributed by atoms with Crippen LogP contribution in [0.25, 0.3) is 0 Å². The molecule has 2 aliphatic rings. The molecule has 2 fully saturated rings. The minimum atomic E-state index is -0.792. The topological polar surface area (TPSA) is 78.5 Å². The number of benzene rings is 1. The van der Waals surface area contributed by atoms with Crippen molar-refractivity contribution in [2.45, 2.75) is 50.7 Å². The van der Waals surface area contributed by atoms with Crippen LogP contribution >= 0.6 is 11.6 Å². The molecular weight excluding hydrogens is 330 g/mol. The summed E-state index contributed by atoms with van der Waals surface area (Å²) in [6, 6.07) is 6.28. The van der Waals surface area contributed by atoms with Crippen LogP contribution in [0.2, 0.25) is 5.02 Å². The number of nitrogens with one attached hydrogen (secondary N) is 2. The minimum absolute atomic E-state index is 0.0292. The summed E-state index contributed by atoms with van der Waals surface area (Å²) >= 11 is 6.23. The van der Waals surface area contributed by atoms with E-state index in [1.54, 1.807) is 6.07 Å². The van der Waals surface area contributed by atoms with E-state index in [0.29, 0.717) is 11.6 Å². The van der Waals surface area contributed by atoms with E-state index in [1.165, 1.54) is 0 Å². The number of halogens is 1. The van der Waals surface area contributed by atoms with Gasteiger partial charge in [0.1, 0.15) is 6.04 Å². The van der Waals surface area contributed by atoms with E-state index < -0.39 is 18.0 Å². The van der Waals surface area contributed by atoms with Gasteiger partial charge in [0.25, 0.3) is 5.91 Å². The molecule has 128 valence electrons. The summed E-state index contributed by atoms with van der Waals surface area (Å²) in [6.45, 7) is 0.422. The molecular formula is C17H20ClN3O3. The van der Waals surface area contributed by atoms with Gasteiger partial charge in [0.15, 0.2) is 0 Å². The largest absolute Gasteiger partial charge is 0.335 e. The van der Waals surface area contributed by atoms with Crippen molar-refractivity contribution in [1.29, 1.82) is 0 Å². The minimum Gasteiger partial charge on any atom is -0.335 e. The first-order valence-corrected chi connectivity index (χ1v) is 8.56. The quantitative estimate of drug-likeness (QED) is 0.800. The van der Waals surface area contributed by atoms with Gasteiger partial charge < -0.3 is 10.2 Å². The van der Waals surface area contributed by atoms with Gasteiger partial charge in [-0.1, -0.05) is 42.6 Å². The second kappa shape index (κ2) is 7.21. The Balaban J connectivity index is 1.74. The van der Waals surface area contributed by atoms with Crippen molar-refractivity contribution in [1.82, 2.24) is 15.5 Å². The number of hydrogen-bond acceptors (Lipinski definition) is 3. The third-order valence-corrected chi connectivity index (χ3v) is 4.99. The zero-order valence-corrected chi connectivity index (χ0v) is 14.0. The Morgan fingerprint density at radius 3 is 2.54 bits per heavy atom. The Hall–Kier alpha value is -2.08. The zero-order valence-electron chi connectivity index (χ0n) is 13.3. The molecule has 1 atom stereocenters. The van der Waals surface area contributed by atoms with Gasteiger partial charge in [-0.3, -0.25) is 14.9 Å². The monoisotopic (exact) mass is 349 g/mol. The van der Waals surface area contributed by atoms with Crippen LogP contribution in [0.5, 0.6) is 0 Å². The van der Waals surface area contributed by atoms with Crippen molar-refractivity contribution in [3.05, 3.63) is 34.9 Å². The smallest absolute Gasteiger partial charge is 0.322 e. The molecule has 24 heavy (non-hydrogen) atoms. The molecule has 0 aromatic heterocycles. The molecule has 6 nitrogen and oxygen atoms in total. The Labute approximate surface area is 145 Å². The number of nitrogens with zero attached hydrogens (tertiary/aromatic N) is 1. The normalized spacial score (nSPS) is 20.8. The maximum atomic E-state index is 12.8. The maximum Gasteiger partial charge on any atom is 0.322 e. The van der Waals surface area contributed by atoms with Crippen molar-refractivity contribution in [2.75, 3.05) is 0 Å². The van der Waals surface area contributed by atoms with E-state index in [1.807, 2.05) is 23.1 Å². The molecule has 2 N–H and O–H groups in total. The van der Waals surface area contributed by atoms with Crippen LogP contribution in [0.1, 0.15) is 37.7 Å². The summed E-state index contributed by atoms with van der Waals surface area (Å²) in [4.78, 5) is 37.5. The highest BCUT2D eigenvalue weighted by Crippen LogP contribution is 2.27. The standard InChI is InChI=1S/C17H20ClN3O3/c18-13-8-4-1-5-11(13)10-21(12-6-2-3-7-12)15(22)9-14-16(23)20-17(24)19-14/h1,4-5,8,12,14H,2-3,6-7,9-10H2,(H2,19,20,23,24)/t14-/m0/s1. The Morgan fingerprint density at radius 2 is 1.92 bits per heavy atom. The van der Waals surface area contributed by atoms with Gasteiger partial charge in [-0.25, -0.2) is 4.79 Å². The first-order valence-electron chi connectivity index (χ1n) is 8.19. The van der Waals surface area contributed by atoms with Crippen LogP contribution in [0.4, 0.5) is 4.79 Å². The maximum absolute atomic E-state index is 12.8. The summed E-state index contributed by atoms with van der Waals surface area (Å²) in [5, 5.41) is 5.27. The molecule has 1 heterocycles. The summed E-state index contributed by atoms with van der Waals surface area (Å²) in [7, 11) is 0. The highest BCUT2D eigenvalue weighted by Gasteiger charge is 2.35. The van der Waals surface area contributed by atoms with Crippen molar-refractivity contribution in [3.63, 3.8) is 0 Å². The summed E-state index contributed by atoms with van der Waals surface area (Å²) < 4.78 is 0. The fourth-order valence-electron chi connectivity index (χ4n) is 3.34. The van der Waals surface area contributed by atoms with E-state index >= 15 is 0 Å². The molecule has 1 saturated heterocycles. The molecule has 1 aliphatic heterocycles. The average Bonchev–Trinajstić information content (AvgIpc) is 3.17. The van der Waals surface area contributed by atoms with Gasteiger partial charge in [-0.15, -0.1) is 0 Å². The highest BCUT2D eigenvalue weighted by molar-refractivity contribution is 6.31. The Kier molecular flexibility index (Phi) is 5.04. The van der Waals surface area contributed by atoms with Crippen LogP contribution in [-0.2, 0) is 16.1 Å². The summed E-state index contributed by atoms with van der Waals surface area (Å²) in [5.41, 5.74) is 0.888. The van der Waals surface area contributed by atoms with Crippen LogP contribution in [-0.4, -0.2) is 34.8 Å². The lowest BCUT2D eigenvalue weighted by Gasteiger charge is -2.30. The van der Waals surface area contributed by atoms with Gasteiger partial charge in [0.05, 0.1) is 6.42 Å². The van der Waals surface area contributed by atoms with Crippen LogP contribution in [0.15, 0.2) is 24.3 Å². The predicted molar refractivity (Wildman–Crippen MR) is 89.3 cm³/mol. The van der Waals surface area contributed by atoms with Gasteiger partial charge in [0.2, 0.25) is 5.91 Å². The number of carbonyl (C=O) groups excluding carboxylic acids is 3. The Bertz CT molecular complexity index is 658. The molecule has 0 radical (unpaired) electrons.